The average Bonchev–Trinajstić information content (AvgIpc) is 2.88. The van der Waals surface area contributed by atoms with Crippen molar-refractivity contribution in [3.63, 3.8) is 0 Å². The highest BCUT2D eigenvalue weighted by Crippen LogP contribution is 2.36. The molecule has 0 saturated heterocycles. The van der Waals surface area contributed by atoms with Gasteiger partial charge in [0.25, 0.3) is 11.6 Å². The second-order valence-corrected chi connectivity index (χ2v) is 8.76. The number of amides is 1. The summed E-state index contributed by atoms with van der Waals surface area (Å²) in [5.74, 6) is -1.43. The third-order valence-corrected chi connectivity index (χ3v) is 6.27. The van der Waals surface area contributed by atoms with Gasteiger partial charge in [0.2, 0.25) is 0 Å². The molecule has 1 aliphatic carbocycles. The van der Waals surface area contributed by atoms with Crippen molar-refractivity contribution in [2.45, 2.75) is 32.6 Å². The van der Waals surface area contributed by atoms with Crippen LogP contribution < -0.4 is 10.1 Å². The van der Waals surface area contributed by atoms with E-state index in [-0.39, 0.29) is 44.3 Å². The van der Waals surface area contributed by atoms with Gasteiger partial charge in [0.1, 0.15) is 11.3 Å². The lowest BCUT2D eigenvalue weighted by molar-refractivity contribution is -0.385. The molecule has 8 nitrogen and oxygen atoms in total. The number of benzene rings is 3. The number of ether oxygens (including phenoxy) is 1. The van der Waals surface area contributed by atoms with Crippen LogP contribution in [0.25, 0.3) is 0 Å². The number of ketones is 2. The Bertz CT molecular complexity index is 1380. The molecular formula is C27H23ClN2O6. The molecule has 4 rings (SSSR count). The highest BCUT2D eigenvalue weighted by molar-refractivity contribution is 6.40. The molecule has 0 bridgehead atoms. The molecule has 0 fully saturated rings. The number of carbonyl (C=O) groups excluding carboxylic acids is 3. The van der Waals surface area contributed by atoms with E-state index in [1.165, 1.54) is 42.5 Å². The normalized spacial score (nSPS) is 12.1. The molecule has 1 N–H and O–H groups in total. The average molecular weight is 507 g/mol. The smallest absolute Gasteiger partial charge is 0.285 e. The van der Waals surface area contributed by atoms with Crippen molar-refractivity contribution in [2.24, 2.45) is 0 Å². The number of fused-ring (bicyclic) bond motifs is 2. The third-order valence-electron chi connectivity index (χ3n) is 5.95. The molecule has 184 valence electrons. The summed E-state index contributed by atoms with van der Waals surface area (Å²) in [6, 6.07) is 13.1. The molecule has 3 aromatic carbocycles. The summed E-state index contributed by atoms with van der Waals surface area (Å²) in [6.45, 7) is 2.51. The molecule has 0 heterocycles. The van der Waals surface area contributed by atoms with Gasteiger partial charge in [-0.05, 0) is 30.7 Å². The van der Waals surface area contributed by atoms with E-state index in [0.717, 1.165) is 25.7 Å². The second kappa shape index (κ2) is 10.7. The molecular weight excluding hydrogens is 484 g/mol. The van der Waals surface area contributed by atoms with E-state index in [2.05, 4.69) is 12.2 Å². The number of nitrogens with zero attached hydrogens (tertiary/aromatic N) is 1. The van der Waals surface area contributed by atoms with Crippen molar-refractivity contribution in [3.8, 4) is 5.75 Å². The maximum absolute atomic E-state index is 13.2. The number of hydrogen-bond acceptors (Lipinski definition) is 6. The SMILES string of the molecule is CCCCCCOc1ccc(C(=O)Nc2ccc(Cl)c3c2C(=O)c2ccccc2C3=O)c([N+](=O)[O-])c1. The van der Waals surface area contributed by atoms with Gasteiger partial charge in [0.05, 0.1) is 39.4 Å². The minimum Gasteiger partial charge on any atom is -0.493 e. The van der Waals surface area contributed by atoms with Crippen LogP contribution in [-0.4, -0.2) is 29.0 Å². The predicted octanol–water partition coefficient (Wildman–Crippen LogP) is 6.24. The molecule has 0 atom stereocenters. The number of carbonyl (C=O) groups is 3. The summed E-state index contributed by atoms with van der Waals surface area (Å²) in [7, 11) is 0. The van der Waals surface area contributed by atoms with Crippen LogP contribution in [0.5, 0.6) is 5.75 Å². The Morgan fingerprint density at radius 2 is 1.67 bits per heavy atom. The Hall–Kier alpha value is -4.04. The van der Waals surface area contributed by atoms with E-state index < -0.39 is 28.1 Å². The fraction of sp³-hybridized carbons (Fsp3) is 0.222. The van der Waals surface area contributed by atoms with Crippen molar-refractivity contribution < 1.29 is 24.0 Å². The van der Waals surface area contributed by atoms with Crippen LogP contribution in [0, 0.1) is 10.1 Å². The van der Waals surface area contributed by atoms with Crippen molar-refractivity contribution in [2.75, 3.05) is 11.9 Å². The molecule has 36 heavy (non-hydrogen) atoms. The molecule has 1 amide bonds. The maximum atomic E-state index is 13.2. The van der Waals surface area contributed by atoms with E-state index in [9.17, 15) is 24.5 Å². The van der Waals surface area contributed by atoms with Crippen molar-refractivity contribution in [1.82, 2.24) is 0 Å². The molecule has 0 radical (unpaired) electrons. The monoisotopic (exact) mass is 506 g/mol. The van der Waals surface area contributed by atoms with E-state index in [0.29, 0.717) is 6.61 Å². The Morgan fingerprint density at radius 1 is 0.972 bits per heavy atom. The number of nitro groups is 1. The van der Waals surface area contributed by atoms with Gasteiger partial charge in [-0.2, -0.15) is 0 Å². The predicted molar refractivity (Wildman–Crippen MR) is 135 cm³/mol. The standard InChI is InChI=1S/C27H23ClN2O6/c1-2-3-4-7-14-36-16-10-11-19(22(15-16)30(34)35)27(33)29-21-13-12-20(28)23-24(21)26(32)18-9-6-5-8-17(18)25(23)31/h5-6,8-13,15H,2-4,7,14H2,1H3,(H,29,33). The topological polar surface area (TPSA) is 116 Å². The van der Waals surface area contributed by atoms with Crippen LogP contribution in [0.1, 0.15) is 74.8 Å². The van der Waals surface area contributed by atoms with Gasteiger partial charge in [-0.15, -0.1) is 0 Å². The van der Waals surface area contributed by atoms with Gasteiger partial charge in [0.15, 0.2) is 11.6 Å². The number of nitro benzene ring substituents is 1. The summed E-state index contributed by atoms with van der Waals surface area (Å²) in [4.78, 5) is 50.4. The van der Waals surface area contributed by atoms with E-state index in [1.807, 2.05) is 0 Å². The van der Waals surface area contributed by atoms with Gasteiger partial charge in [-0.25, -0.2) is 0 Å². The van der Waals surface area contributed by atoms with Crippen LogP contribution in [0.2, 0.25) is 5.02 Å². The van der Waals surface area contributed by atoms with Crippen LogP contribution >= 0.6 is 11.6 Å². The van der Waals surface area contributed by atoms with Crippen LogP contribution in [-0.2, 0) is 0 Å². The largest absolute Gasteiger partial charge is 0.493 e. The lowest BCUT2D eigenvalue weighted by Gasteiger charge is -2.21. The number of nitrogens with one attached hydrogen (secondary N) is 1. The molecule has 9 heteroatoms. The number of rotatable bonds is 9. The number of unbranched alkanes of at least 4 members (excludes halogenated alkanes) is 3. The Labute approximate surface area is 212 Å². The van der Waals surface area contributed by atoms with E-state index in [1.54, 1.807) is 12.1 Å². The first-order valence-electron chi connectivity index (χ1n) is 11.6. The quantitative estimate of drug-likeness (QED) is 0.163. The molecule has 0 saturated carbocycles. The molecule has 0 aromatic heterocycles. The molecule has 0 unspecified atom stereocenters. The minimum absolute atomic E-state index is 0.0144. The number of halogens is 1. The van der Waals surface area contributed by atoms with E-state index >= 15 is 0 Å². The van der Waals surface area contributed by atoms with Crippen LogP contribution in [0.3, 0.4) is 0 Å². The van der Waals surface area contributed by atoms with Crippen molar-refractivity contribution in [3.05, 3.63) is 97.6 Å². The maximum Gasteiger partial charge on any atom is 0.285 e. The minimum atomic E-state index is -0.806. The summed E-state index contributed by atoms with van der Waals surface area (Å²) in [5, 5.41) is 14.3. The first-order valence-corrected chi connectivity index (χ1v) is 11.9. The summed E-state index contributed by atoms with van der Waals surface area (Å²) < 4.78 is 5.61. The fourth-order valence-corrected chi connectivity index (χ4v) is 4.38. The first kappa shape index (κ1) is 25.1. The third kappa shape index (κ3) is 4.85. The number of anilines is 1. The zero-order valence-corrected chi connectivity index (χ0v) is 20.3. The summed E-state index contributed by atoms with van der Waals surface area (Å²) in [6.07, 6.45) is 3.98. The summed E-state index contributed by atoms with van der Waals surface area (Å²) in [5.41, 5.74) is -0.252. The highest BCUT2D eigenvalue weighted by atomic mass is 35.5. The van der Waals surface area contributed by atoms with Gasteiger partial charge in [-0.1, -0.05) is 62.1 Å². The van der Waals surface area contributed by atoms with Gasteiger partial charge in [-0.3, -0.25) is 24.5 Å². The lowest BCUT2D eigenvalue weighted by atomic mass is 9.83. The Morgan fingerprint density at radius 3 is 2.33 bits per heavy atom. The van der Waals surface area contributed by atoms with Crippen LogP contribution in [0.15, 0.2) is 54.6 Å². The zero-order chi connectivity index (χ0) is 25.8. The molecule has 3 aromatic rings. The van der Waals surface area contributed by atoms with Gasteiger partial charge >= 0.3 is 0 Å². The molecule has 1 aliphatic rings. The van der Waals surface area contributed by atoms with Crippen molar-refractivity contribution in [1.29, 1.82) is 0 Å². The van der Waals surface area contributed by atoms with Gasteiger partial charge < -0.3 is 10.1 Å². The fourth-order valence-electron chi connectivity index (χ4n) is 4.14. The zero-order valence-electron chi connectivity index (χ0n) is 19.5. The van der Waals surface area contributed by atoms with Crippen molar-refractivity contribution >= 4 is 40.4 Å². The Kier molecular flexibility index (Phi) is 7.45. The highest BCUT2D eigenvalue weighted by Gasteiger charge is 2.34. The van der Waals surface area contributed by atoms with Gasteiger partial charge in [0, 0.05) is 11.1 Å². The van der Waals surface area contributed by atoms with Crippen LogP contribution in [0.4, 0.5) is 11.4 Å². The molecule has 0 aliphatic heterocycles. The second-order valence-electron chi connectivity index (χ2n) is 8.35. The Balaban J connectivity index is 1.63. The molecule has 0 spiro atoms. The summed E-state index contributed by atoms with van der Waals surface area (Å²) >= 11 is 6.26. The lowest BCUT2D eigenvalue weighted by Crippen LogP contribution is -2.24. The number of hydrogen-bond donors (Lipinski definition) is 1. The van der Waals surface area contributed by atoms with E-state index in [4.69, 9.17) is 16.3 Å². The first-order chi connectivity index (χ1) is 17.3.